The van der Waals surface area contributed by atoms with E-state index in [-0.39, 0.29) is 35.8 Å². The maximum Gasteiger partial charge on any atom is 0.337 e. The molecule has 2 aromatic carbocycles. The highest BCUT2D eigenvalue weighted by molar-refractivity contribution is 14.0. The second kappa shape index (κ2) is 10.7. The number of carbonyl (C=O) groups is 1. The summed E-state index contributed by atoms with van der Waals surface area (Å²) in [6.07, 6.45) is 0. The van der Waals surface area contributed by atoms with Crippen LogP contribution in [0.15, 0.2) is 47.5 Å². The minimum absolute atomic E-state index is 0. The zero-order chi connectivity index (χ0) is 18.2. The molecule has 0 aliphatic rings. The third kappa shape index (κ3) is 6.29. The number of nitrogens with one attached hydrogen (secondary N) is 2. The van der Waals surface area contributed by atoms with Crippen molar-refractivity contribution in [3.63, 3.8) is 0 Å². The Morgan fingerprint density at radius 1 is 1.08 bits per heavy atom. The number of hydrogen-bond acceptors (Lipinski definition) is 3. The Kier molecular flexibility index (Phi) is 9.04. The SMILES string of the molecule is CN=C(NCc1ccc(C(=O)OC)cc1)NCc1ccc(F)c(C)c1.I. The number of carbonyl (C=O) groups excluding carboxylic acids is 1. The lowest BCUT2D eigenvalue weighted by atomic mass is 10.1. The first kappa shape index (κ1) is 21.9. The summed E-state index contributed by atoms with van der Waals surface area (Å²) in [7, 11) is 3.04. The highest BCUT2D eigenvalue weighted by Gasteiger charge is 2.05. The highest BCUT2D eigenvalue weighted by atomic mass is 127. The number of rotatable bonds is 5. The monoisotopic (exact) mass is 471 g/mol. The Morgan fingerprint density at radius 2 is 1.65 bits per heavy atom. The van der Waals surface area contributed by atoms with E-state index in [2.05, 4.69) is 20.4 Å². The second-order valence-corrected chi connectivity index (χ2v) is 5.55. The van der Waals surface area contributed by atoms with E-state index in [0.29, 0.717) is 30.2 Å². The summed E-state index contributed by atoms with van der Waals surface area (Å²) in [5.41, 5.74) is 3.12. The van der Waals surface area contributed by atoms with E-state index in [1.807, 2.05) is 12.1 Å². The third-order valence-corrected chi connectivity index (χ3v) is 3.74. The average molecular weight is 471 g/mol. The minimum Gasteiger partial charge on any atom is -0.465 e. The van der Waals surface area contributed by atoms with Gasteiger partial charge in [0.25, 0.3) is 0 Å². The lowest BCUT2D eigenvalue weighted by Crippen LogP contribution is -2.36. The van der Waals surface area contributed by atoms with Gasteiger partial charge < -0.3 is 15.4 Å². The fourth-order valence-corrected chi connectivity index (χ4v) is 2.29. The number of methoxy groups -OCH3 is 1. The number of esters is 1. The molecule has 2 aromatic rings. The average Bonchev–Trinajstić information content (AvgIpc) is 2.64. The van der Waals surface area contributed by atoms with Crippen molar-refractivity contribution in [2.45, 2.75) is 20.0 Å². The first-order valence-electron chi connectivity index (χ1n) is 7.90. The van der Waals surface area contributed by atoms with Gasteiger partial charge >= 0.3 is 5.97 Å². The number of guanidine groups is 1. The van der Waals surface area contributed by atoms with Gasteiger partial charge in [-0.15, -0.1) is 24.0 Å². The van der Waals surface area contributed by atoms with Crippen LogP contribution >= 0.6 is 24.0 Å². The third-order valence-electron chi connectivity index (χ3n) is 3.74. The van der Waals surface area contributed by atoms with Gasteiger partial charge in [0.1, 0.15) is 5.82 Å². The molecule has 0 fully saturated rings. The van der Waals surface area contributed by atoms with Crippen LogP contribution in [-0.4, -0.2) is 26.1 Å². The molecule has 0 saturated carbocycles. The molecule has 0 aliphatic carbocycles. The van der Waals surface area contributed by atoms with Gasteiger partial charge in [-0.25, -0.2) is 9.18 Å². The molecule has 0 unspecified atom stereocenters. The van der Waals surface area contributed by atoms with Crippen LogP contribution in [0.5, 0.6) is 0 Å². The molecule has 0 spiro atoms. The molecule has 0 heterocycles. The van der Waals surface area contributed by atoms with Gasteiger partial charge in [0.05, 0.1) is 12.7 Å². The molecule has 0 saturated heterocycles. The standard InChI is InChI=1S/C19H22FN3O2.HI/c1-13-10-15(6-9-17(13)20)12-23-19(21-2)22-11-14-4-7-16(8-5-14)18(24)25-3;/h4-10H,11-12H2,1-3H3,(H2,21,22,23);1H. The van der Waals surface area contributed by atoms with E-state index >= 15 is 0 Å². The lowest BCUT2D eigenvalue weighted by molar-refractivity contribution is 0.0600. The number of benzene rings is 2. The number of hydrogen-bond donors (Lipinski definition) is 2. The molecule has 7 heteroatoms. The maximum atomic E-state index is 13.3. The zero-order valence-corrected chi connectivity index (χ0v) is 17.3. The number of ether oxygens (including phenoxy) is 1. The Morgan fingerprint density at radius 3 is 2.19 bits per heavy atom. The van der Waals surface area contributed by atoms with Crippen molar-refractivity contribution in [3.05, 3.63) is 70.5 Å². The van der Waals surface area contributed by atoms with Crippen LogP contribution in [0, 0.1) is 12.7 Å². The molecule has 2 N–H and O–H groups in total. The van der Waals surface area contributed by atoms with Gasteiger partial charge in [0, 0.05) is 20.1 Å². The lowest BCUT2D eigenvalue weighted by Gasteiger charge is -2.12. The van der Waals surface area contributed by atoms with Gasteiger partial charge in [-0.2, -0.15) is 0 Å². The molecule has 5 nitrogen and oxygen atoms in total. The Labute approximate surface area is 170 Å². The van der Waals surface area contributed by atoms with E-state index in [0.717, 1.165) is 11.1 Å². The van der Waals surface area contributed by atoms with Crippen LogP contribution in [0.4, 0.5) is 4.39 Å². The highest BCUT2D eigenvalue weighted by Crippen LogP contribution is 2.09. The van der Waals surface area contributed by atoms with E-state index in [4.69, 9.17) is 0 Å². The maximum absolute atomic E-state index is 13.3. The summed E-state index contributed by atoms with van der Waals surface area (Å²) in [6.45, 7) is 2.84. The van der Waals surface area contributed by atoms with Gasteiger partial charge in [-0.05, 0) is 41.8 Å². The van der Waals surface area contributed by atoms with Crippen LogP contribution in [0.3, 0.4) is 0 Å². The smallest absolute Gasteiger partial charge is 0.337 e. The number of halogens is 2. The molecule has 0 radical (unpaired) electrons. The predicted octanol–water partition coefficient (Wildman–Crippen LogP) is 3.40. The molecule has 0 amide bonds. The summed E-state index contributed by atoms with van der Waals surface area (Å²) in [4.78, 5) is 15.6. The van der Waals surface area contributed by atoms with Gasteiger partial charge in [-0.3, -0.25) is 4.99 Å². The number of aliphatic imine (C=N–C) groups is 1. The molecule has 140 valence electrons. The largest absolute Gasteiger partial charge is 0.465 e. The fraction of sp³-hybridized carbons (Fsp3) is 0.263. The Bertz CT molecular complexity index is 764. The van der Waals surface area contributed by atoms with Crippen molar-refractivity contribution < 1.29 is 13.9 Å². The van der Waals surface area contributed by atoms with E-state index in [1.54, 1.807) is 38.2 Å². The number of nitrogens with zero attached hydrogens (tertiary/aromatic N) is 1. The topological polar surface area (TPSA) is 62.7 Å². The van der Waals surface area contributed by atoms with Gasteiger partial charge in [0.15, 0.2) is 5.96 Å². The van der Waals surface area contributed by atoms with Crippen molar-refractivity contribution >= 4 is 35.9 Å². The van der Waals surface area contributed by atoms with Crippen LogP contribution in [0.25, 0.3) is 0 Å². The molecular formula is C19H23FIN3O2. The van der Waals surface area contributed by atoms with E-state index in [9.17, 15) is 9.18 Å². The first-order valence-corrected chi connectivity index (χ1v) is 7.90. The van der Waals surface area contributed by atoms with E-state index in [1.165, 1.54) is 13.2 Å². The Balaban J connectivity index is 0.00000338. The number of aryl methyl sites for hydroxylation is 1. The minimum atomic E-state index is -0.355. The van der Waals surface area contributed by atoms with Crippen LogP contribution in [0.1, 0.15) is 27.0 Å². The van der Waals surface area contributed by atoms with Crippen molar-refractivity contribution in [3.8, 4) is 0 Å². The van der Waals surface area contributed by atoms with E-state index < -0.39 is 0 Å². The molecule has 26 heavy (non-hydrogen) atoms. The summed E-state index contributed by atoms with van der Waals surface area (Å²) < 4.78 is 18.0. The van der Waals surface area contributed by atoms with Crippen LogP contribution in [-0.2, 0) is 17.8 Å². The molecule has 0 aromatic heterocycles. The molecule has 0 atom stereocenters. The molecular weight excluding hydrogens is 448 g/mol. The van der Waals surface area contributed by atoms with Gasteiger partial charge in [0.2, 0.25) is 0 Å². The molecule has 2 rings (SSSR count). The summed E-state index contributed by atoms with van der Waals surface area (Å²) in [5.74, 6) is 0.0762. The summed E-state index contributed by atoms with van der Waals surface area (Å²) >= 11 is 0. The zero-order valence-electron chi connectivity index (χ0n) is 15.0. The Hall–Kier alpha value is -2.16. The fourth-order valence-electron chi connectivity index (χ4n) is 2.29. The molecule has 0 bridgehead atoms. The summed E-state index contributed by atoms with van der Waals surface area (Å²) in [6, 6.07) is 12.2. The predicted molar refractivity (Wildman–Crippen MR) is 111 cm³/mol. The summed E-state index contributed by atoms with van der Waals surface area (Å²) in [5, 5.41) is 6.38. The normalized spacial score (nSPS) is 10.7. The van der Waals surface area contributed by atoms with Crippen LogP contribution < -0.4 is 10.6 Å². The van der Waals surface area contributed by atoms with Crippen molar-refractivity contribution in [1.82, 2.24) is 10.6 Å². The molecule has 0 aliphatic heterocycles. The van der Waals surface area contributed by atoms with Crippen molar-refractivity contribution in [2.75, 3.05) is 14.2 Å². The van der Waals surface area contributed by atoms with Gasteiger partial charge in [-0.1, -0.05) is 24.3 Å². The first-order chi connectivity index (χ1) is 12.0. The van der Waals surface area contributed by atoms with Crippen molar-refractivity contribution in [2.24, 2.45) is 4.99 Å². The second-order valence-electron chi connectivity index (χ2n) is 5.55. The van der Waals surface area contributed by atoms with Crippen LogP contribution in [0.2, 0.25) is 0 Å². The van der Waals surface area contributed by atoms with Crippen molar-refractivity contribution in [1.29, 1.82) is 0 Å². The quantitative estimate of drug-likeness (QED) is 0.304.